The number of halogens is 1. The summed E-state index contributed by atoms with van der Waals surface area (Å²) in [5.74, 6) is 0.199. The van der Waals surface area contributed by atoms with E-state index in [9.17, 15) is 9.59 Å². The predicted octanol–water partition coefficient (Wildman–Crippen LogP) is 4.66. The molecule has 2 aromatic carbocycles. The van der Waals surface area contributed by atoms with Crippen molar-refractivity contribution in [3.05, 3.63) is 76.5 Å². The monoisotopic (exact) mass is 447 g/mol. The van der Waals surface area contributed by atoms with Crippen LogP contribution in [0.4, 0.5) is 0 Å². The molecule has 0 aliphatic carbocycles. The van der Waals surface area contributed by atoms with Gasteiger partial charge in [0.25, 0.3) is 0 Å². The normalized spacial score (nSPS) is 17.2. The van der Waals surface area contributed by atoms with Gasteiger partial charge in [-0.2, -0.15) is 0 Å². The molecule has 2 aliphatic rings. The van der Waals surface area contributed by atoms with Crippen LogP contribution in [0.1, 0.15) is 29.7 Å². The Morgan fingerprint density at radius 2 is 1.78 bits per heavy atom. The van der Waals surface area contributed by atoms with E-state index < -0.39 is 0 Å². The SMILES string of the molecule is O=C(C=Cc1ccccc1)N1CCC(C(=O)N2CCc3[nH]c4ccc(Cl)cc4c3C2)CC1. The Morgan fingerprint density at radius 3 is 2.56 bits per heavy atom. The molecule has 0 saturated carbocycles. The summed E-state index contributed by atoms with van der Waals surface area (Å²) in [7, 11) is 0. The van der Waals surface area contributed by atoms with Crippen molar-refractivity contribution in [3.8, 4) is 0 Å². The molecule has 0 bridgehead atoms. The second kappa shape index (κ2) is 8.83. The Kier molecular flexibility index (Phi) is 5.75. The van der Waals surface area contributed by atoms with Gasteiger partial charge >= 0.3 is 0 Å². The molecule has 1 saturated heterocycles. The molecule has 1 aromatic heterocycles. The highest BCUT2D eigenvalue weighted by Gasteiger charge is 2.32. The van der Waals surface area contributed by atoms with Crippen LogP contribution in [-0.4, -0.2) is 46.2 Å². The van der Waals surface area contributed by atoms with E-state index in [0.717, 1.165) is 29.4 Å². The fourth-order valence-corrected chi connectivity index (χ4v) is 4.99. The molecule has 0 spiro atoms. The van der Waals surface area contributed by atoms with Gasteiger partial charge in [-0.05, 0) is 42.7 Å². The number of aromatic amines is 1. The van der Waals surface area contributed by atoms with Gasteiger partial charge in [0.05, 0.1) is 0 Å². The number of nitrogens with zero attached hydrogens (tertiary/aromatic N) is 2. The summed E-state index contributed by atoms with van der Waals surface area (Å²) in [6.45, 7) is 2.59. The summed E-state index contributed by atoms with van der Waals surface area (Å²) in [5, 5.41) is 1.82. The van der Waals surface area contributed by atoms with Crippen molar-refractivity contribution in [2.45, 2.75) is 25.8 Å². The molecule has 0 unspecified atom stereocenters. The minimum absolute atomic E-state index is 0.0121. The summed E-state index contributed by atoms with van der Waals surface area (Å²) >= 11 is 6.20. The molecule has 0 atom stereocenters. The molecule has 3 aromatic rings. The van der Waals surface area contributed by atoms with Crippen molar-refractivity contribution >= 4 is 40.4 Å². The number of aromatic nitrogens is 1. The van der Waals surface area contributed by atoms with Gasteiger partial charge in [-0.25, -0.2) is 0 Å². The first-order chi connectivity index (χ1) is 15.6. The van der Waals surface area contributed by atoms with Crippen molar-refractivity contribution < 1.29 is 9.59 Å². The Labute approximate surface area is 192 Å². The highest BCUT2D eigenvalue weighted by atomic mass is 35.5. The molecule has 0 radical (unpaired) electrons. The van der Waals surface area contributed by atoms with Crippen molar-refractivity contribution in [3.63, 3.8) is 0 Å². The topological polar surface area (TPSA) is 56.4 Å². The van der Waals surface area contributed by atoms with Crippen LogP contribution in [0.3, 0.4) is 0 Å². The summed E-state index contributed by atoms with van der Waals surface area (Å²) in [4.78, 5) is 33.1. The molecule has 2 aliphatic heterocycles. The van der Waals surface area contributed by atoms with E-state index in [4.69, 9.17) is 11.6 Å². The Bertz CT molecular complexity index is 1180. The smallest absolute Gasteiger partial charge is 0.246 e. The first-order valence-electron chi connectivity index (χ1n) is 11.2. The van der Waals surface area contributed by atoms with Crippen LogP contribution in [0.25, 0.3) is 17.0 Å². The maximum Gasteiger partial charge on any atom is 0.246 e. The minimum Gasteiger partial charge on any atom is -0.358 e. The highest BCUT2D eigenvalue weighted by molar-refractivity contribution is 6.31. The zero-order valence-electron chi connectivity index (χ0n) is 17.9. The lowest BCUT2D eigenvalue weighted by atomic mass is 9.93. The summed E-state index contributed by atoms with van der Waals surface area (Å²) in [6.07, 6.45) is 5.73. The van der Waals surface area contributed by atoms with E-state index in [1.54, 1.807) is 6.08 Å². The number of piperidine rings is 1. The molecule has 6 heteroatoms. The van der Waals surface area contributed by atoms with Gasteiger partial charge in [0.1, 0.15) is 0 Å². The third kappa shape index (κ3) is 4.17. The number of fused-ring (bicyclic) bond motifs is 3. The van der Waals surface area contributed by atoms with Crippen LogP contribution < -0.4 is 0 Å². The third-order valence-corrected chi connectivity index (χ3v) is 6.86. The van der Waals surface area contributed by atoms with Crippen LogP contribution in [0.15, 0.2) is 54.6 Å². The van der Waals surface area contributed by atoms with Crippen LogP contribution in [0, 0.1) is 5.92 Å². The molecule has 5 rings (SSSR count). The molecule has 2 amide bonds. The molecule has 32 heavy (non-hydrogen) atoms. The van der Waals surface area contributed by atoms with E-state index >= 15 is 0 Å². The number of H-pyrrole nitrogens is 1. The van der Waals surface area contributed by atoms with Crippen LogP contribution in [0.5, 0.6) is 0 Å². The average Bonchev–Trinajstić information content (AvgIpc) is 3.20. The maximum absolute atomic E-state index is 13.2. The lowest BCUT2D eigenvalue weighted by Gasteiger charge is -2.35. The molecule has 164 valence electrons. The van der Waals surface area contributed by atoms with Gasteiger partial charge in [0.2, 0.25) is 11.8 Å². The largest absolute Gasteiger partial charge is 0.358 e. The number of amides is 2. The lowest BCUT2D eigenvalue weighted by Crippen LogP contribution is -2.45. The van der Waals surface area contributed by atoms with Gasteiger partial charge < -0.3 is 14.8 Å². The maximum atomic E-state index is 13.2. The van der Waals surface area contributed by atoms with Crippen LogP contribution in [0.2, 0.25) is 5.02 Å². The zero-order chi connectivity index (χ0) is 22.1. The number of nitrogens with one attached hydrogen (secondary N) is 1. The summed E-state index contributed by atoms with van der Waals surface area (Å²) < 4.78 is 0. The number of carbonyl (C=O) groups is 2. The van der Waals surface area contributed by atoms with E-state index in [-0.39, 0.29) is 17.7 Å². The molecule has 3 heterocycles. The fraction of sp³-hybridized carbons (Fsp3) is 0.308. The number of hydrogen-bond acceptors (Lipinski definition) is 2. The zero-order valence-corrected chi connectivity index (χ0v) is 18.6. The van der Waals surface area contributed by atoms with Crippen molar-refractivity contribution in [2.75, 3.05) is 19.6 Å². The number of rotatable bonds is 3. The first kappa shape index (κ1) is 20.8. The molecule has 1 fully saturated rings. The molecular formula is C26H26ClN3O2. The highest BCUT2D eigenvalue weighted by Crippen LogP contribution is 2.31. The number of benzene rings is 2. The lowest BCUT2D eigenvalue weighted by molar-refractivity contribution is -0.140. The summed E-state index contributed by atoms with van der Waals surface area (Å²) in [6, 6.07) is 15.7. The van der Waals surface area contributed by atoms with E-state index in [1.807, 2.05) is 64.4 Å². The Hall–Kier alpha value is -3.05. The number of likely N-dealkylation sites (tertiary alicyclic amines) is 1. The van der Waals surface area contributed by atoms with E-state index in [2.05, 4.69) is 4.98 Å². The Balaban J connectivity index is 1.20. The number of hydrogen-bond donors (Lipinski definition) is 1. The van der Waals surface area contributed by atoms with Crippen LogP contribution >= 0.6 is 11.6 Å². The predicted molar refractivity (Wildman–Crippen MR) is 127 cm³/mol. The second-order valence-electron chi connectivity index (χ2n) is 8.63. The minimum atomic E-state index is -0.0208. The standard InChI is InChI=1S/C26H26ClN3O2/c27-20-7-8-23-21(16-20)22-17-30(15-12-24(22)28-23)26(32)19-10-13-29(14-11-19)25(31)9-6-18-4-2-1-3-5-18/h1-9,16,19,28H,10-15,17H2. The van der Waals surface area contributed by atoms with Crippen LogP contribution in [-0.2, 0) is 22.6 Å². The molecule has 5 nitrogen and oxygen atoms in total. The first-order valence-corrected chi connectivity index (χ1v) is 11.6. The number of carbonyl (C=O) groups excluding carboxylic acids is 2. The van der Waals surface area contributed by atoms with E-state index in [1.165, 1.54) is 11.3 Å². The van der Waals surface area contributed by atoms with Crippen molar-refractivity contribution in [2.24, 2.45) is 5.92 Å². The van der Waals surface area contributed by atoms with Gasteiger partial charge in [-0.15, -0.1) is 0 Å². The Morgan fingerprint density at radius 1 is 1.00 bits per heavy atom. The fourth-order valence-electron chi connectivity index (χ4n) is 4.82. The van der Waals surface area contributed by atoms with Crippen molar-refractivity contribution in [1.29, 1.82) is 0 Å². The molecular weight excluding hydrogens is 422 g/mol. The van der Waals surface area contributed by atoms with Gasteiger partial charge in [-0.1, -0.05) is 41.9 Å². The van der Waals surface area contributed by atoms with Gasteiger partial charge in [0, 0.05) is 71.8 Å². The quantitative estimate of drug-likeness (QED) is 0.594. The third-order valence-electron chi connectivity index (χ3n) is 6.62. The van der Waals surface area contributed by atoms with Crippen molar-refractivity contribution in [1.82, 2.24) is 14.8 Å². The van der Waals surface area contributed by atoms with E-state index in [0.29, 0.717) is 37.5 Å². The van der Waals surface area contributed by atoms with Gasteiger partial charge in [-0.3, -0.25) is 9.59 Å². The summed E-state index contributed by atoms with van der Waals surface area (Å²) in [5.41, 5.74) is 4.47. The second-order valence-corrected chi connectivity index (χ2v) is 9.06. The molecule has 1 N–H and O–H groups in total. The van der Waals surface area contributed by atoms with Gasteiger partial charge in [0.15, 0.2) is 0 Å². The average molecular weight is 448 g/mol.